The van der Waals surface area contributed by atoms with Crippen LogP contribution in [0.15, 0.2) is 12.1 Å². The Morgan fingerprint density at radius 2 is 2.00 bits per heavy atom. The van der Waals surface area contributed by atoms with E-state index in [9.17, 15) is 9.59 Å². The largest absolute Gasteiger partial charge is 0.444 e. The van der Waals surface area contributed by atoms with Gasteiger partial charge in [-0.1, -0.05) is 0 Å². The van der Waals surface area contributed by atoms with E-state index in [-0.39, 0.29) is 11.9 Å². The van der Waals surface area contributed by atoms with Gasteiger partial charge in [-0.05, 0) is 46.8 Å². The maximum absolute atomic E-state index is 12.3. The SMILES string of the molecule is Cc1ccc(C(=O)N(C)[C@H](C)CNC(=O)OC(C)(C)C)s1. The van der Waals surface area contributed by atoms with E-state index in [1.807, 2.05) is 46.8 Å². The standard InChI is InChI=1S/C15H24N2O3S/c1-10(9-16-14(19)20-15(3,4)5)17(6)13(18)12-8-7-11(2)21-12/h7-8,10H,9H2,1-6H3,(H,16,19)/t10-/m1/s1. The third kappa shape index (κ3) is 5.75. The van der Waals surface area contributed by atoms with Crippen LogP contribution in [0.4, 0.5) is 4.79 Å². The molecule has 0 fully saturated rings. The molecule has 0 aliphatic rings. The lowest BCUT2D eigenvalue weighted by molar-refractivity contribution is 0.0502. The quantitative estimate of drug-likeness (QED) is 0.929. The number of rotatable bonds is 4. The van der Waals surface area contributed by atoms with Crippen LogP contribution in [-0.2, 0) is 4.74 Å². The molecule has 118 valence electrons. The van der Waals surface area contributed by atoms with Crippen LogP contribution in [-0.4, -0.2) is 42.1 Å². The Bertz CT molecular complexity index is 505. The van der Waals surface area contributed by atoms with Crippen molar-refractivity contribution >= 4 is 23.3 Å². The number of carbonyl (C=O) groups excluding carboxylic acids is 2. The molecule has 0 aromatic carbocycles. The summed E-state index contributed by atoms with van der Waals surface area (Å²) in [6.45, 7) is 9.63. The van der Waals surface area contributed by atoms with E-state index in [2.05, 4.69) is 5.32 Å². The molecule has 0 aliphatic heterocycles. The van der Waals surface area contributed by atoms with Gasteiger partial charge in [0.1, 0.15) is 5.60 Å². The molecule has 0 saturated carbocycles. The van der Waals surface area contributed by atoms with Gasteiger partial charge in [-0.3, -0.25) is 4.79 Å². The normalized spacial score (nSPS) is 12.7. The number of thiophene rings is 1. The van der Waals surface area contributed by atoms with Crippen molar-refractivity contribution in [2.24, 2.45) is 0 Å². The molecule has 5 nitrogen and oxygen atoms in total. The van der Waals surface area contributed by atoms with Crippen LogP contribution in [0.2, 0.25) is 0 Å². The first-order valence-electron chi connectivity index (χ1n) is 6.90. The Morgan fingerprint density at radius 3 is 2.48 bits per heavy atom. The zero-order chi connectivity index (χ0) is 16.2. The average molecular weight is 312 g/mol. The Hall–Kier alpha value is -1.56. The summed E-state index contributed by atoms with van der Waals surface area (Å²) < 4.78 is 5.16. The van der Waals surface area contributed by atoms with Gasteiger partial charge in [0.05, 0.1) is 4.88 Å². The molecular weight excluding hydrogens is 288 g/mol. The maximum atomic E-state index is 12.3. The highest BCUT2D eigenvalue weighted by atomic mass is 32.1. The predicted molar refractivity (Wildman–Crippen MR) is 84.8 cm³/mol. The van der Waals surface area contributed by atoms with Crippen LogP contribution in [0, 0.1) is 6.92 Å². The molecule has 2 amide bonds. The molecule has 0 radical (unpaired) electrons. The van der Waals surface area contributed by atoms with Crippen molar-refractivity contribution in [2.75, 3.05) is 13.6 Å². The lowest BCUT2D eigenvalue weighted by Crippen LogP contribution is -2.44. The number of nitrogens with one attached hydrogen (secondary N) is 1. The maximum Gasteiger partial charge on any atom is 0.407 e. The third-order valence-corrected chi connectivity index (χ3v) is 3.86. The molecular formula is C15H24N2O3S. The summed E-state index contributed by atoms with van der Waals surface area (Å²) in [5.74, 6) is -0.0356. The number of hydrogen-bond donors (Lipinski definition) is 1. The van der Waals surface area contributed by atoms with Crippen LogP contribution in [0.1, 0.15) is 42.2 Å². The Balaban J connectivity index is 2.49. The van der Waals surface area contributed by atoms with Crippen molar-refractivity contribution in [1.29, 1.82) is 0 Å². The van der Waals surface area contributed by atoms with Gasteiger partial charge in [0.15, 0.2) is 0 Å². The Labute approximate surface area is 130 Å². The molecule has 1 aromatic heterocycles. The van der Waals surface area contributed by atoms with E-state index in [1.165, 1.54) is 11.3 Å². The summed E-state index contributed by atoms with van der Waals surface area (Å²) >= 11 is 1.47. The van der Waals surface area contributed by atoms with Crippen molar-refractivity contribution in [3.8, 4) is 0 Å². The first-order chi connectivity index (χ1) is 9.60. The minimum atomic E-state index is -0.524. The molecule has 6 heteroatoms. The lowest BCUT2D eigenvalue weighted by atomic mass is 10.2. The smallest absolute Gasteiger partial charge is 0.407 e. The second kappa shape index (κ2) is 6.93. The van der Waals surface area contributed by atoms with Gasteiger partial charge in [0, 0.05) is 24.5 Å². The fraction of sp³-hybridized carbons (Fsp3) is 0.600. The van der Waals surface area contributed by atoms with Crippen LogP contribution in [0.3, 0.4) is 0 Å². The number of carbonyl (C=O) groups is 2. The zero-order valence-corrected chi connectivity index (χ0v) is 14.3. The van der Waals surface area contributed by atoms with Crippen LogP contribution >= 0.6 is 11.3 Å². The lowest BCUT2D eigenvalue weighted by Gasteiger charge is -2.26. The van der Waals surface area contributed by atoms with E-state index in [0.717, 1.165) is 4.88 Å². The molecule has 21 heavy (non-hydrogen) atoms. The Morgan fingerprint density at radius 1 is 1.38 bits per heavy atom. The molecule has 1 atom stereocenters. The summed E-state index contributed by atoms with van der Waals surface area (Å²) in [4.78, 5) is 27.3. The summed E-state index contributed by atoms with van der Waals surface area (Å²) in [5.41, 5.74) is -0.524. The summed E-state index contributed by atoms with van der Waals surface area (Å²) in [5, 5.41) is 2.68. The van der Waals surface area contributed by atoms with Gasteiger partial charge in [-0.15, -0.1) is 11.3 Å². The molecule has 1 rings (SSSR count). The summed E-state index contributed by atoms with van der Waals surface area (Å²) in [6.07, 6.45) is -0.470. The van der Waals surface area contributed by atoms with E-state index in [1.54, 1.807) is 11.9 Å². The van der Waals surface area contributed by atoms with Gasteiger partial charge in [-0.2, -0.15) is 0 Å². The minimum Gasteiger partial charge on any atom is -0.444 e. The van der Waals surface area contributed by atoms with E-state index < -0.39 is 11.7 Å². The number of ether oxygens (including phenoxy) is 1. The number of alkyl carbamates (subject to hydrolysis) is 1. The van der Waals surface area contributed by atoms with Crippen molar-refractivity contribution in [1.82, 2.24) is 10.2 Å². The number of likely N-dealkylation sites (N-methyl/N-ethyl adjacent to an activating group) is 1. The second-order valence-electron chi connectivity index (χ2n) is 6.06. The van der Waals surface area contributed by atoms with Gasteiger partial charge < -0.3 is 15.0 Å². The first kappa shape index (κ1) is 17.5. The van der Waals surface area contributed by atoms with Crippen LogP contribution in [0.5, 0.6) is 0 Å². The number of nitrogens with zero attached hydrogens (tertiary/aromatic N) is 1. The fourth-order valence-electron chi connectivity index (χ4n) is 1.61. The van der Waals surface area contributed by atoms with Gasteiger partial charge in [-0.25, -0.2) is 4.79 Å². The van der Waals surface area contributed by atoms with Crippen molar-refractivity contribution < 1.29 is 14.3 Å². The Kier molecular flexibility index (Phi) is 5.78. The number of aryl methyl sites for hydroxylation is 1. The number of amides is 2. The topological polar surface area (TPSA) is 58.6 Å². The summed E-state index contributed by atoms with van der Waals surface area (Å²) in [6, 6.07) is 3.63. The minimum absolute atomic E-state index is 0.0356. The first-order valence-corrected chi connectivity index (χ1v) is 7.72. The summed E-state index contributed by atoms with van der Waals surface area (Å²) in [7, 11) is 1.73. The van der Waals surface area contributed by atoms with Crippen molar-refractivity contribution in [2.45, 2.75) is 46.3 Å². The van der Waals surface area contributed by atoms with E-state index in [4.69, 9.17) is 4.74 Å². The monoisotopic (exact) mass is 312 g/mol. The van der Waals surface area contributed by atoms with Crippen LogP contribution in [0.25, 0.3) is 0 Å². The molecule has 0 unspecified atom stereocenters. The average Bonchev–Trinajstić information content (AvgIpc) is 2.78. The highest BCUT2D eigenvalue weighted by molar-refractivity contribution is 7.13. The van der Waals surface area contributed by atoms with Crippen molar-refractivity contribution in [3.63, 3.8) is 0 Å². The third-order valence-electron chi connectivity index (χ3n) is 2.87. The molecule has 0 aliphatic carbocycles. The molecule has 1 N–H and O–H groups in total. The van der Waals surface area contributed by atoms with E-state index in [0.29, 0.717) is 11.4 Å². The molecule has 0 spiro atoms. The highest BCUT2D eigenvalue weighted by Gasteiger charge is 2.21. The van der Waals surface area contributed by atoms with Gasteiger partial charge in [0.25, 0.3) is 5.91 Å². The highest BCUT2D eigenvalue weighted by Crippen LogP contribution is 2.17. The van der Waals surface area contributed by atoms with Crippen LogP contribution < -0.4 is 5.32 Å². The van der Waals surface area contributed by atoms with E-state index >= 15 is 0 Å². The van der Waals surface area contributed by atoms with Crippen molar-refractivity contribution in [3.05, 3.63) is 21.9 Å². The molecule has 1 heterocycles. The molecule has 0 saturated heterocycles. The second-order valence-corrected chi connectivity index (χ2v) is 7.35. The van der Waals surface area contributed by atoms with Gasteiger partial charge >= 0.3 is 6.09 Å². The number of hydrogen-bond acceptors (Lipinski definition) is 4. The van der Waals surface area contributed by atoms with Gasteiger partial charge in [0.2, 0.25) is 0 Å². The zero-order valence-electron chi connectivity index (χ0n) is 13.5. The molecule has 1 aromatic rings. The predicted octanol–water partition coefficient (Wildman–Crippen LogP) is 3.04. The fourth-order valence-corrected chi connectivity index (χ4v) is 2.46. The molecule has 0 bridgehead atoms.